The van der Waals surface area contributed by atoms with Gasteiger partial charge in [0.15, 0.2) is 0 Å². The third-order valence-electron chi connectivity index (χ3n) is 10.1. The second-order valence-electron chi connectivity index (χ2n) is 11.2. The highest BCUT2D eigenvalue weighted by atomic mass is 19.4. The van der Waals surface area contributed by atoms with Crippen LogP contribution in [0, 0.1) is 46.3 Å². The SMILES string of the molecule is C=C(C(C)C1CC[C@H]2[C@@H]3CCC4NC(=O)C(C(N)=O)C[C@]4(C)[C@@H]3CC[C@]12C)C(F)(F)F. The number of rotatable bonds is 3. The Morgan fingerprint density at radius 1 is 1.13 bits per heavy atom. The molecule has 4 nitrogen and oxygen atoms in total. The summed E-state index contributed by atoms with van der Waals surface area (Å²) in [6, 6.07) is 0.0438. The summed E-state index contributed by atoms with van der Waals surface area (Å²) in [6.07, 6.45) is 1.54. The van der Waals surface area contributed by atoms with Gasteiger partial charge in [-0.15, -0.1) is 0 Å². The fourth-order valence-corrected chi connectivity index (χ4v) is 8.38. The molecule has 0 radical (unpaired) electrons. The average molecular weight is 441 g/mol. The van der Waals surface area contributed by atoms with Crippen LogP contribution in [0.1, 0.15) is 65.7 Å². The van der Waals surface area contributed by atoms with Crippen LogP contribution in [0.15, 0.2) is 12.2 Å². The molecular formula is C24H35F3N2O2. The molecule has 4 aliphatic rings. The lowest BCUT2D eigenvalue weighted by Crippen LogP contribution is -2.64. The van der Waals surface area contributed by atoms with E-state index >= 15 is 0 Å². The number of nitrogens with two attached hydrogens (primary N) is 1. The molecule has 4 fully saturated rings. The van der Waals surface area contributed by atoms with Crippen molar-refractivity contribution in [1.29, 1.82) is 0 Å². The van der Waals surface area contributed by atoms with Crippen LogP contribution >= 0.6 is 0 Å². The molecule has 1 aliphatic heterocycles. The lowest BCUT2D eigenvalue weighted by Gasteiger charge is -2.61. The third-order valence-corrected chi connectivity index (χ3v) is 10.1. The van der Waals surface area contributed by atoms with Gasteiger partial charge in [0.2, 0.25) is 11.8 Å². The Morgan fingerprint density at radius 3 is 2.39 bits per heavy atom. The minimum absolute atomic E-state index is 0.0115. The maximum atomic E-state index is 13.4. The van der Waals surface area contributed by atoms with Gasteiger partial charge in [-0.3, -0.25) is 9.59 Å². The van der Waals surface area contributed by atoms with Crippen molar-refractivity contribution in [2.24, 2.45) is 52.1 Å². The van der Waals surface area contributed by atoms with Crippen LogP contribution in [0.5, 0.6) is 0 Å². The Morgan fingerprint density at radius 2 is 1.77 bits per heavy atom. The lowest BCUT2D eigenvalue weighted by molar-refractivity contribution is -0.151. The quantitative estimate of drug-likeness (QED) is 0.498. The molecule has 31 heavy (non-hydrogen) atoms. The predicted molar refractivity (Wildman–Crippen MR) is 111 cm³/mol. The zero-order valence-electron chi connectivity index (χ0n) is 18.7. The van der Waals surface area contributed by atoms with E-state index in [9.17, 15) is 22.8 Å². The standard InChI is InChI=1S/C24H35F3N2O2/c1-12(13(2)24(25,26)27)16-6-7-17-14-5-8-19-23(4,18(14)9-10-22(16,17)3)11-15(20(28)30)21(31)29-19/h12,14-19H,2,5-11H2,1,3-4H3,(H2,28,30)(H,29,31)/t12?,14-,15?,16?,17-,18+,19?,22+,23+/m0/s1. The number of alkyl halides is 3. The minimum Gasteiger partial charge on any atom is -0.369 e. The number of fused-ring (bicyclic) bond motifs is 5. The second kappa shape index (κ2) is 7.24. The lowest BCUT2D eigenvalue weighted by atomic mass is 9.46. The smallest absolute Gasteiger partial charge is 0.369 e. The molecule has 2 amide bonds. The first-order valence-corrected chi connectivity index (χ1v) is 11.7. The Labute approximate surface area is 182 Å². The minimum atomic E-state index is -4.35. The zero-order chi connectivity index (χ0) is 22.9. The van der Waals surface area contributed by atoms with E-state index in [-0.39, 0.29) is 28.7 Å². The Balaban J connectivity index is 1.59. The largest absolute Gasteiger partial charge is 0.412 e. The molecule has 0 spiro atoms. The summed E-state index contributed by atoms with van der Waals surface area (Å²) in [7, 11) is 0. The fourth-order valence-electron chi connectivity index (χ4n) is 8.38. The normalized spacial score (nSPS) is 45.7. The molecule has 1 heterocycles. The van der Waals surface area contributed by atoms with E-state index in [1.54, 1.807) is 6.92 Å². The van der Waals surface area contributed by atoms with Crippen LogP contribution in [0.4, 0.5) is 13.2 Å². The van der Waals surface area contributed by atoms with Crippen molar-refractivity contribution in [2.75, 3.05) is 0 Å². The maximum Gasteiger partial charge on any atom is 0.412 e. The monoisotopic (exact) mass is 440 g/mol. The van der Waals surface area contributed by atoms with E-state index in [0.29, 0.717) is 24.2 Å². The number of carbonyl (C=O) groups excluding carboxylic acids is 2. The van der Waals surface area contributed by atoms with Gasteiger partial charge in [-0.05, 0) is 85.4 Å². The van der Waals surface area contributed by atoms with Crippen molar-refractivity contribution in [3.8, 4) is 0 Å². The van der Waals surface area contributed by atoms with Gasteiger partial charge in [0.05, 0.1) is 0 Å². The zero-order valence-corrected chi connectivity index (χ0v) is 18.7. The highest BCUT2D eigenvalue weighted by molar-refractivity contribution is 6.00. The maximum absolute atomic E-state index is 13.4. The molecule has 3 saturated carbocycles. The first-order chi connectivity index (χ1) is 14.3. The molecule has 0 aromatic heterocycles. The number of piperidine rings is 1. The van der Waals surface area contributed by atoms with Crippen LogP contribution < -0.4 is 11.1 Å². The number of halogens is 3. The highest BCUT2D eigenvalue weighted by Crippen LogP contribution is 2.67. The van der Waals surface area contributed by atoms with Crippen LogP contribution in [0.25, 0.3) is 0 Å². The van der Waals surface area contributed by atoms with Crippen LogP contribution in [-0.2, 0) is 9.59 Å². The van der Waals surface area contributed by atoms with E-state index in [4.69, 9.17) is 5.73 Å². The molecule has 4 rings (SSSR count). The van der Waals surface area contributed by atoms with E-state index < -0.39 is 29.5 Å². The molecule has 0 bridgehead atoms. The average Bonchev–Trinajstić information content (AvgIpc) is 3.03. The summed E-state index contributed by atoms with van der Waals surface area (Å²) in [5, 5.41) is 3.07. The Hall–Kier alpha value is -1.53. The summed E-state index contributed by atoms with van der Waals surface area (Å²) in [4.78, 5) is 24.3. The third kappa shape index (κ3) is 3.32. The second-order valence-corrected chi connectivity index (χ2v) is 11.2. The van der Waals surface area contributed by atoms with Gasteiger partial charge in [-0.1, -0.05) is 27.4 Å². The van der Waals surface area contributed by atoms with Crippen LogP contribution in [0.3, 0.4) is 0 Å². The molecule has 0 aromatic carbocycles. The molecular weight excluding hydrogens is 405 g/mol. The van der Waals surface area contributed by atoms with Crippen molar-refractivity contribution >= 4 is 11.8 Å². The van der Waals surface area contributed by atoms with Crippen molar-refractivity contribution in [3.63, 3.8) is 0 Å². The topological polar surface area (TPSA) is 72.2 Å². The van der Waals surface area contributed by atoms with E-state index in [1.807, 2.05) is 0 Å². The first kappa shape index (κ1) is 22.7. The Bertz CT molecular complexity index is 796. The van der Waals surface area contributed by atoms with Crippen LogP contribution in [-0.4, -0.2) is 24.0 Å². The van der Waals surface area contributed by atoms with E-state index in [2.05, 4.69) is 25.7 Å². The number of hydrogen-bond acceptors (Lipinski definition) is 2. The summed E-state index contributed by atoms with van der Waals surface area (Å²) in [6.45, 7) is 9.50. The summed E-state index contributed by atoms with van der Waals surface area (Å²) >= 11 is 0. The number of allylic oxidation sites excluding steroid dienone is 1. The van der Waals surface area contributed by atoms with Gasteiger partial charge < -0.3 is 11.1 Å². The Kier molecular flexibility index (Phi) is 5.29. The molecule has 3 N–H and O–H groups in total. The number of carbonyl (C=O) groups is 2. The van der Waals surface area contributed by atoms with Crippen molar-refractivity contribution in [3.05, 3.63) is 12.2 Å². The number of nitrogens with one attached hydrogen (secondary N) is 1. The summed E-state index contributed by atoms with van der Waals surface area (Å²) in [5.41, 5.74) is 4.60. The van der Waals surface area contributed by atoms with Gasteiger partial charge in [0, 0.05) is 11.6 Å². The molecule has 1 saturated heterocycles. The number of primary amides is 1. The van der Waals surface area contributed by atoms with Gasteiger partial charge >= 0.3 is 6.18 Å². The van der Waals surface area contributed by atoms with Crippen molar-refractivity contribution in [2.45, 2.75) is 77.9 Å². The number of hydrogen-bond donors (Lipinski definition) is 2. The van der Waals surface area contributed by atoms with Gasteiger partial charge in [0.1, 0.15) is 5.92 Å². The fraction of sp³-hybridized carbons (Fsp3) is 0.833. The molecule has 7 heteroatoms. The van der Waals surface area contributed by atoms with Gasteiger partial charge in [0.25, 0.3) is 0 Å². The number of amides is 2. The first-order valence-electron chi connectivity index (χ1n) is 11.7. The van der Waals surface area contributed by atoms with Crippen molar-refractivity contribution < 1.29 is 22.8 Å². The molecule has 3 aliphatic carbocycles. The molecule has 174 valence electrons. The molecule has 4 unspecified atom stereocenters. The van der Waals surface area contributed by atoms with E-state index in [0.717, 1.165) is 38.5 Å². The predicted octanol–water partition coefficient (Wildman–Crippen LogP) is 4.59. The molecule has 0 aromatic rings. The van der Waals surface area contributed by atoms with E-state index in [1.165, 1.54) is 0 Å². The van der Waals surface area contributed by atoms with Crippen molar-refractivity contribution in [1.82, 2.24) is 5.32 Å². The summed E-state index contributed by atoms with van der Waals surface area (Å²) in [5.74, 6) is -1.06. The molecule has 9 atom stereocenters. The van der Waals surface area contributed by atoms with Gasteiger partial charge in [-0.2, -0.15) is 13.2 Å². The van der Waals surface area contributed by atoms with Gasteiger partial charge in [-0.25, -0.2) is 0 Å². The highest BCUT2D eigenvalue weighted by Gasteiger charge is 2.62. The summed E-state index contributed by atoms with van der Waals surface area (Å²) < 4.78 is 40.1. The van der Waals surface area contributed by atoms with Crippen LogP contribution in [0.2, 0.25) is 0 Å².